The van der Waals surface area contributed by atoms with Gasteiger partial charge in [-0.15, -0.1) is 0 Å². The normalized spacial score (nSPS) is 16.9. The van der Waals surface area contributed by atoms with Crippen LogP contribution in [-0.2, 0) is 4.79 Å². The van der Waals surface area contributed by atoms with Gasteiger partial charge in [-0.1, -0.05) is 12.2 Å². The lowest BCUT2D eigenvalue weighted by Crippen LogP contribution is -2.51. The molecule has 9 heteroatoms. The molecule has 0 bridgehead atoms. The molecule has 1 unspecified atom stereocenters. The molecule has 30 heavy (non-hydrogen) atoms. The molecule has 166 valence electrons. The van der Waals surface area contributed by atoms with E-state index in [4.69, 9.17) is 0 Å². The fourth-order valence-corrected chi connectivity index (χ4v) is 3.04. The summed E-state index contributed by atoms with van der Waals surface area (Å²) in [6.45, 7) is 5.19. The number of piperidine rings is 1. The number of halogens is 2. The standard InChI is InChI=1S/C21H31F2N5O2/c1-15(2)12-24-21(25-13-19(29)27(3)4)26-16-6-5-11-28(14-16)17-7-9-18(10-8-17)30-20(22)23/h7-10,16,20H,1,5-6,11-14H2,2-4H3,(H2,24,25,26). The Morgan fingerprint density at radius 1 is 1.37 bits per heavy atom. The van der Waals surface area contributed by atoms with Crippen molar-refractivity contribution in [2.75, 3.05) is 45.2 Å². The predicted octanol–water partition coefficient (Wildman–Crippen LogP) is 2.46. The van der Waals surface area contributed by atoms with E-state index in [1.54, 1.807) is 38.4 Å². The van der Waals surface area contributed by atoms with E-state index >= 15 is 0 Å². The van der Waals surface area contributed by atoms with Gasteiger partial charge in [-0.05, 0) is 44.0 Å². The highest BCUT2D eigenvalue weighted by molar-refractivity contribution is 5.85. The second kappa shape index (κ2) is 11.4. The summed E-state index contributed by atoms with van der Waals surface area (Å²) in [5.74, 6) is 0.632. The lowest BCUT2D eigenvalue weighted by molar-refractivity contribution is -0.127. The molecule has 1 aliphatic heterocycles. The van der Waals surface area contributed by atoms with E-state index in [1.807, 2.05) is 6.92 Å². The van der Waals surface area contributed by atoms with Gasteiger partial charge in [-0.2, -0.15) is 8.78 Å². The molecule has 7 nitrogen and oxygen atoms in total. The highest BCUT2D eigenvalue weighted by Crippen LogP contribution is 2.23. The Morgan fingerprint density at radius 2 is 2.07 bits per heavy atom. The summed E-state index contributed by atoms with van der Waals surface area (Å²) in [4.78, 5) is 20.0. The zero-order valence-corrected chi connectivity index (χ0v) is 17.8. The number of alkyl halides is 2. The number of nitrogens with one attached hydrogen (secondary N) is 2. The van der Waals surface area contributed by atoms with Crippen molar-refractivity contribution in [2.45, 2.75) is 32.4 Å². The van der Waals surface area contributed by atoms with Crippen molar-refractivity contribution >= 4 is 17.6 Å². The van der Waals surface area contributed by atoms with Crippen LogP contribution in [-0.4, -0.2) is 69.7 Å². The zero-order valence-electron chi connectivity index (χ0n) is 17.8. The number of likely N-dealkylation sites (N-methyl/N-ethyl adjacent to an activating group) is 1. The van der Waals surface area contributed by atoms with Crippen LogP contribution in [0, 0.1) is 0 Å². The SMILES string of the molecule is C=C(C)CNC(=NCC(=O)N(C)C)NC1CCCN(c2ccc(OC(F)F)cc2)C1. The summed E-state index contributed by atoms with van der Waals surface area (Å²) < 4.78 is 29.1. The summed E-state index contributed by atoms with van der Waals surface area (Å²) in [7, 11) is 3.39. The van der Waals surface area contributed by atoms with Crippen LogP contribution in [0.2, 0.25) is 0 Å². The number of anilines is 1. The van der Waals surface area contributed by atoms with Crippen LogP contribution < -0.4 is 20.3 Å². The van der Waals surface area contributed by atoms with E-state index < -0.39 is 6.61 Å². The second-order valence-corrected chi connectivity index (χ2v) is 7.57. The molecule has 0 radical (unpaired) electrons. The second-order valence-electron chi connectivity index (χ2n) is 7.57. The summed E-state index contributed by atoms with van der Waals surface area (Å²) in [6, 6.07) is 6.79. The molecule has 2 N–H and O–H groups in total. The van der Waals surface area contributed by atoms with Gasteiger partial charge >= 0.3 is 6.61 Å². The van der Waals surface area contributed by atoms with Crippen molar-refractivity contribution in [1.82, 2.24) is 15.5 Å². The van der Waals surface area contributed by atoms with Crippen LogP contribution in [0.4, 0.5) is 14.5 Å². The van der Waals surface area contributed by atoms with Gasteiger partial charge in [0.2, 0.25) is 5.91 Å². The van der Waals surface area contributed by atoms with Crippen molar-refractivity contribution in [3.63, 3.8) is 0 Å². The number of benzene rings is 1. The van der Waals surface area contributed by atoms with Gasteiger partial charge in [0.05, 0.1) is 0 Å². The number of carbonyl (C=O) groups excluding carboxylic acids is 1. The molecule has 0 saturated carbocycles. The lowest BCUT2D eigenvalue weighted by atomic mass is 10.0. The number of carbonyl (C=O) groups is 1. The predicted molar refractivity (Wildman–Crippen MR) is 115 cm³/mol. The van der Waals surface area contributed by atoms with Gasteiger partial charge < -0.3 is 25.2 Å². The lowest BCUT2D eigenvalue weighted by Gasteiger charge is -2.35. The maximum atomic E-state index is 12.3. The molecule has 1 atom stereocenters. The van der Waals surface area contributed by atoms with Gasteiger partial charge in [0, 0.05) is 45.5 Å². The molecule has 1 fully saturated rings. The quantitative estimate of drug-likeness (QED) is 0.382. The largest absolute Gasteiger partial charge is 0.435 e. The number of amides is 1. The Labute approximate surface area is 176 Å². The minimum absolute atomic E-state index is 0.0561. The smallest absolute Gasteiger partial charge is 0.387 e. The molecule has 0 aliphatic carbocycles. The maximum absolute atomic E-state index is 12.3. The number of aliphatic imine (C=N–C) groups is 1. The fourth-order valence-electron chi connectivity index (χ4n) is 3.04. The minimum atomic E-state index is -2.83. The molecule has 1 saturated heterocycles. The number of ether oxygens (including phenoxy) is 1. The Hall–Kier alpha value is -2.84. The van der Waals surface area contributed by atoms with Crippen molar-refractivity contribution in [3.05, 3.63) is 36.4 Å². The molecule has 1 aliphatic rings. The van der Waals surface area contributed by atoms with Crippen molar-refractivity contribution in [2.24, 2.45) is 4.99 Å². The van der Waals surface area contributed by atoms with Gasteiger partial charge in [0.15, 0.2) is 5.96 Å². The molecule has 1 aromatic carbocycles. The van der Waals surface area contributed by atoms with Gasteiger partial charge in [0.25, 0.3) is 0 Å². The van der Waals surface area contributed by atoms with E-state index in [-0.39, 0.29) is 24.2 Å². The molecule has 0 aromatic heterocycles. The monoisotopic (exact) mass is 423 g/mol. The maximum Gasteiger partial charge on any atom is 0.387 e. The van der Waals surface area contributed by atoms with E-state index in [1.165, 1.54) is 4.90 Å². The molecule has 1 aromatic rings. The summed E-state index contributed by atoms with van der Waals surface area (Å²) >= 11 is 0. The number of hydrogen-bond donors (Lipinski definition) is 2. The molecule has 1 amide bonds. The van der Waals surface area contributed by atoms with Crippen LogP contribution >= 0.6 is 0 Å². The molecule has 2 rings (SSSR count). The molecule has 1 heterocycles. The van der Waals surface area contributed by atoms with Gasteiger partial charge in [0.1, 0.15) is 12.3 Å². The van der Waals surface area contributed by atoms with E-state index in [0.29, 0.717) is 12.5 Å². The topological polar surface area (TPSA) is 69.2 Å². The third kappa shape index (κ3) is 7.88. The summed E-state index contributed by atoms with van der Waals surface area (Å²) in [6.07, 6.45) is 1.93. The van der Waals surface area contributed by atoms with Crippen molar-refractivity contribution in [1.29, 1.82) is 0 Å². The summed E-state index contributed by atoms with van der Waals surface area (Å²) in [5.41, 5.74) is 1.90. The zero-order chi connectivity index (χ0) is 22.1. The van der Waals surface area contributed by atoms with Crippen LogP contribution in [0.5, 0.6) is 5.75 Å². The number of rotatable bonds is 8. The van der Waals surface area contributed by atoms with E-state index in [2.05, 4.69) is 31.8 Å². The third-order valence-corrected chi connectivity index (χ3v) is 4.62. The van der Waals surface area contributed by atoms with Crippen molar-refractivity contribution in [3.8, 4) is 5.75 Å². The third-order valence-electron chi connectivity index (χ3n) is 4.62. The number of guanidine groups is 1. The molecular weight excluding hydrogens is 392 g/mol. The van der Waals surface area contributed by atoms with E-state index in [9.17, 15) is 13.6 Å². The fraction of sp³-hybridized carbons (Fsp3) is 0.524. The van der Waals surface area contributed by atoms with Crippen molar-refractivity contribution < 1.29 is 18.3 Å². The Morgan fingerprint density at radius 3 is 2.67 bits per heavy atom. The van der Waals surface area contributed by atoms with Gasteiger partial charge in [-0.25, -0.2) is 4.99 Å². The van der Waals surface area contributed by atoms with Crippen LogP contribution in [0.3, 0.4) is 0 Å². The van der Waals surface area contributed by atoms with E-state index in [0.717, 1.165) is 37.2 Å². The van der Waals surface area contributed by atoms with Gasteiger partial charge in [-0.3, -0.25) is 4.79 Å². The first-order valence-corrected chi connectivity index (χ1v) is 9.94. The number of hydrogen-bond acceptors (Lipinski definition) is 4. The van der Waals surface area contributed by atoms with Crippen LogP contribution in [0.15, 0.2) is 41.4 Å². The Balaban J connectivity index is 2.01. The molecular formula is C21H31F2N5O2. The first-order valence-electron chi connectivity index (χ1n) is 9.94. The summed E-state index contributed by atoms with van der Waals surface area (Å²) in [5, 5.41) is 6.61. The average Bonchev–Trinajstić information content (AvgIpc) is 2.70. The minimum Gasteiger partial charge on any atom is -0.435 e. The Bertz CT molecular complexity index is 737. The van der Waals surface area contributed by atoms with Crippen LogP contribution in [0.1, 0.15) is 19.8 Å². The number of nitrogens with zero attached hydrogens (tertiary/aromatic N) is 3. The highest BCUT2D eigenvalue weighted by Gasteiger charge is 2.21. The first kappa shape index (κ1) is 23.4. The Kier molecular flexibility index (Phi) is 8.89. The molecule has 0 spiro atoms. The first-order chi connectivity index (χ1) is 14.2. The van der Waals surface area contributed by atoms with Crippen LogP contribution in [0.25, 0.3) is 0 Å². The average molecular weight is 424 g/mol. The highest BCUT2D eigenvalue weighted by atomic mass is 19.3.